The summed E-state index contributed by atoms with van der Waals surface area (Å²) in [6, 6.07) is 0. The van der Waals surface area contributed by atoms with E-state index >= 15 is 0 Å². The van der Waals surface area contributed by atoms with Gasteiger partial charge in [0.15, 0.2) is 0 Å². The number of fused-ring (bicyclic) bond motifs is 1. The summed E-state index contributed by atoms with van der Waals surface area (Å²) in [7, 11) is 0. The Balaban J connectivity index is 2.39. The maximum Gasteiger partial charge on any atom is 0.128 e. The molecule has 2 atom stereocenters. The number of hydrogen-bond acceptors (Lipinski definition) is 1. The topological polar surface area (TPSA) is 0 Å². The smallest absolute Gasteiger partial charge is 0.116 e. The van der Waals surface area contributed by atoms with E-state index in [0.29, 0.717) is 0 Å². The first-order valence-electron chi connectivity index (χ1n) is 5.55. The molecule has 1 aromatic rings. The van der Waals surface area contributed by atoms with Crippen LogP contribution in [-0.2, 0) is 4.75 Å². The van der Waals surface area contributed by atoms with Crippen LogP contribution in [-0.4, -0.2) is 3.66 Å². The zero-order chi connectivity index (χ0) is 17.5. The summed E-state index contributed by atoms with van der Waals surface area (Å²) in [6.45, 7) is 0. The fraction of sp³-hybridized carbons (Fsp3) is 0.167. The third-order valence-corrected chi connectivity index (χ3v) is 19.1. The van der Waals surface area contributed by atoms with E-state index in [-0.39, 0.29) is 8.40 Å². The van der Waals surface area contributed by atoms with Crippen molar-refractivity contribution < 1.29 is 0 Å². The van der Waals surface area contributed by atoms with Gasteiger partial charge in [-0.25, -0.2) is 0 Å². The molecule has 1 aliphatic carbocycles. The van der Waals surface area contributed by atoms with Crippen molar-refractivity contribution in [1.82, 2.24) is 0 Å². The van der Waals surface area contributed by atoms with Crippen molar-refractivity contribution in [1.29, 1.82) is 0 Å². The van der Waals surface area contributed by atoms with Crippen LogP contribution in [0.15, 0.2) is 40.3 Å². The van der Waals surface area contributed by atoms with E-state index in [9.17, 15) is 0 Å². The molecule has 1 aliphatic heterocycles. The lowest BCUT2D eigenvalue weighted by Gasteiger charge is -2.29. The van der Waals surface area contributed by atoms with Crippen molar-refractivity contribution in [2.45, 2.75) is 8.40 Å². The Morgan fingerprint density at radius 1 is 0.565 bits per heavy atom. The minimum absolute atomic E-state index is 0.285. The van der Waals surface area contributed by atoms with E-state index in [1.807, 2.05) is 11.8 Å². The number of thioether (sulfide) groups is 1. The van der Waals surface area contributed by atoms with E-state index in [4.69, 9.17) is 0 Å². The highest BCUT2D eigenvalue weighted by molar-refractivity contribution is 9.18. The summed E-state index contributed by atoms with van der Waals surface area (Å²) in [5, 5.41) is 0. The van der Waals surface area contributed by atoms with Gasteiger partial charge in [-0.15, -0.1) is 11.8 Å². The molecule has 2 unspecified atom stereocenters. The summed E-state index contributed by atoms with van der Waals surface area (Å²) >= 11 is 39.0. The van der Waals surface area contributed by atoms with Gasteiger partial charge in [-0.3, -0.25) is 0 Å². The largest absolute Gasteiger partial charge is 0.128 e. The highest BCUT2D eigenvalue weighted by Gasteiger charge is 2.75. The first-order valence-corrected chi connectivity index (χ1v) is 14.3. The van der Waals surface area contributed by atoms with Crippen LogP contribution in [0.25, 0.3) is 0 Å². The van der Waals surface area contributed by atoms with Crippen LogP contribution in [0.4, 0.5) is 0 Å². The van der Waals surface area contributed by atoms with Gasteiger partial charge in [-0.1, -0.05) is 47.8 Å². The maximum atomic E-state index is 3.93. The Hall–Kier alpha value is 3.85. The molecular formula is C12Br10S. The summed E-state index contributed by atoms with van der Waals surface area (Å²) in [5.74, 6) is 0. The van der Waals surface area contributed by atoms with Crippen molar-refractivity contribution in [3.63, 3.8) is 0 Å². The maximum absolute atomic E-state index is 3.93. The van der Waals surface area contributed by atoms with Crippen LogP contribution in [0.5, 0.6) is 0 Å². The highest BCUT2D eigenvalue weighted by Crippen LogP contribution is 2.85. The fourth-order valence-electron chi connectivity index (χ4n) is 2.29. The van der Waals surface area contributed by atoms with Crippen LogP contribution < -0.4 is 0 Å². The summed E-state index contributed by atoms with van der Waals surface area (Å²) in [6.07, 6.45) is 0. The monoisotopic (exact) mass is 965 g/mol. The molecule has 1 saturated heterocycles. The summed E-state index contributed by atoms with van der Waals surface area (Å²) in [4.78, 5) is 0. The molecule has 124 valence electrons. The summed E-state index contributed by atoms with van der Waals surface area (Å²) < 4.78 is 8.34. The zero-order valence-electron chi connectivity index (χ0n) is 10.2. The number of benzene rings is 1. The second-order valence-electron chi connectivity index (χ2n) is 4.58. The molecule has 0 N–H and O–H groups in total. The van der Waals surface area contributed by atoms with Crippen LogP contribution in [0.1, 0.15) is 5.56 Å². The number of halogens is 10. The van der Waals surface area contributed by atoms with Crippen molar-refractivity contribution >= 4 is 171 Å². The average molecular weight is 975 g/mol. The van der Waals surface area contributed by atoms with Gasteiger partial charge in [0.25, 0.3) is 0 Å². The van der Waals surface area contributed by atoms with Crippen molar-refractivity contribution in [2.24, 2.45) is 0 Å². The lowest BCUT2D eigenvalue weighted by atomic mass is 9.92. The van der Waals surface area contributed by atoms with Gasteiger partial charge in [0.1, 0.15) is 8.40 Å². The van der Waals surface area contributed by atoms with Crippen LogP contribution in [0.2, 0.25) is 0 Å². The molecule has 3 rings (SSSR count). The van der Waals surface area contributed by atoms with Crippen molar-refractivity contribution in [2.75, 3.05) is 0 Å². The van der Waals surface area contributed by atoms with Gasteiger partial charge in [0, 0.05) is 45.9 Å². The van der Waals surface area contributed by atoms with E-state index in [0.717, 1.165) is 45.9 Å². The fourth-order valence-corrected chi connectivity index (χ4v) is 13.1. The standard InChI is InChI=1S/C12Br10S/c13-2-1(3(14)5(16)6(17)4(2)15)11-9(20)7(18)8(19)10(21)12(11,22)23-11. The lowest BCUT2D eigenvalue weighted by Crippen LogP contribution is -2.25. The molecule has 2 aliphatic rings. The van der Waals surface area contributed by atoms with Gasteiger partial charge in [0.2, 0.25) is 0 Å². The van der Waals surface area contributed by atoms with Crippen molar-refractivity contribution in [3.05, 3.63) is 45.9 Å². The predicted octanol–water partition coefficient (Wildman–Crippen LogP) is 10.5. The third-order valence-electron chi connectivity index (χ3n) is 3.44. The minimum atomic E-state index is -0.314. The SMILES string of the molecule is BrC1=C(Br)C2(Br)SC2(c2c(Br)c(Br)c(Br)c(Br)c2Br)C(Br)=C1Br. The molecule has 0 spiro atoms. The van der Waals surface area contributed by atoms with Crippen LogP contribution in [0.3, 0.4) is 0 Å². The molecular weight excluding hydrogens is 975 g/mol. The Morgan fingerprint density at radius 2 is 0.957 bits per heavy atom. The Labute approximate surface area is 221 Å². The Bertz CT molecular complexity index is 799. The normalized spacial score (nSPS) is 30.0. The van der Waals surface area contributed by atoms with E-state index in [1.54, 1.807) is 0 Å². The Morgan fingerprint density at radius 3 is 1.43 bits per heavy atom. The van der Waals surface area contributed by atoms with Crippen LogP contribution >= 0.6 is 171 Å². The van der Waals surface area contributed by atoms with Gasteiger partial charge in [0.05, 0.1) is 0 Å². The van der Waals surface area contributed by atoms with E-state index in [1.165, 1.54) is 0 Å². The molecule has 1 heterocycles. The second-order valence-corrected chi connectivity index (χ2v) is 14.9. The predicted molar refractivity (Wildman–Crippen MR) is 136 cm³/mol. The zero-order valence-corrected chi connectivity index (χ0v) is 26.9. The van der Waals surface area contributed by atoms with Crippen molar-refractivity contribution in [3.8, 4) is 0 Å². The minimum Gasteiger partial charge on any atom is -0.116 e. The number of alkyl halides is 1. The number of hydrogen-bond donors (Lipinski definition) is 0. The molecule has 1 fully saturated rings. The molecule has 0 nitrogen and oxygen atoms in total. The molecule has 11 heteroatoms. The molecule has 1 aromatic carbocycles. The first-order chi connectivity index (χ1) is 10.5. The number of rotatable bonds is 1. The van der Waals surface area contributed by atoms with E-state index in [2.05, 4.69) is 159 Å². The first kappa shape index (κ1) is 21.6. The number of allylic oxidation sites excluding steroid dienone is 2. The van der Waals surface area contributed by atoms with Gasteiger partial charge >= 0.3 is 0 Å². The quantitative estimate of drug-likeness (QED) is 0.117. The van der Waals surface area contributed by atoms with Gasteiger partial charge in [-0.2, -0.15) is 0 Å². The van der Waals surface area contributed by atoms with Gasteiger partial charge < -0.3 is 0 Å². The molecule has 0 saturated carbocycles. The van der Waals surface area contributed by atoms with Gasteiger partial charge in [-0.05, 0) is 112 Å². The summed E-state index contributed by atoms with van der Waals surface area (Å²) in [5.41, 5.74) is 1.13. The third kappa shape index (κ3) is 2.93. The lowest BCUT2D eigenvalue weighted by molar-refractivity contribution is 0.842. The average Bonchev–Trinajstić information content (AvgIpc) is 3.16. The molecule has 0 aromatic heterocycles. The Kier molecular flexibility index (Phi) is 6.82. The molecule has 0 amide bonds. The van der Waals surface area contributed by atoms with E-state index < -0.39 is 0 Å². The highest BCUT2D eigenvalue weighted by atomic mass is 79.9. The molecule has 0 bridgehead atoms. The molecule has 0 radical (unpaired) electrons. The van der Waals surface area contributed by atoms with Crippen LogP contribution in [0, 0.1) is 0 Å². The second kappa shape index (κ2) is 7.27. The molecule has 23 heavy (non-hydrogen) atoms.